The Hall–Kier alpha value is 1.35. The van der Waals surface area contributed by atoms with Gasteiger partial charge in [0.05, 0.1) is 6.10 Å². The third-order valence-electron chi connectivity index (χ3n) is 0.680. The van der Waals surface area contributed by atoms with Crippen LogP contribution in [0.15, 0.2) is 0 Å². The molecule has 72 valence electrons. The zero-order valence-corrected chi connectivity index (χ0v) is 11.1. The summed E-state index contributed by atoms with van der Waals surface area (Å²) < 4.78 is 5.08. The van der Waals surface area contributed by atoms with E-state index >= 15 is 0 Å². The lowest BCUT2D eigenvalue weighted by atomic mass is 10.5. The summed E-state index contributed by atoms with van der Waals surface area (Å²) in [4.78, 5) is 11.4. The Morgan fingerprint density at radius 2 is 1.75 bits per heavy atom. The van der Waals surface area contributed by atoms with Crippen LogP contribution in [0.1, 0.15) is 27.7 Å². The molecule has 0 saturated carbocycles. The van der Waals surface area contributed by atoms with Gasteiger partial charge in [-0.3, -0.25) is 0 Å². The number of hydrogen-bond donors (Lipinski definition) is 0. The highest BCUT2D eigenvalue weighted by atomic mass is 32.9. The molecule has 2 nitrogen and oxygen atoms in total. The molecule has 0 N–H and O–H groups in total. The van der Waals surface area contributed by atoms with E-state index in [0.29, 0.717) is 0 Å². The van der Waals surface area contributed by atoms with Crippen LogP contribution in [-0.2, 0) is 16.3 Å². The van der Waals surface area contributed by atoms with Gasteiger partial charge in [-0.1, -0.05) is 25.7 Å². The lowest BCUT2D eigenvalue weighted by molar-refractivity contribution is -0.177. The minimum atomic E-state index is -2.80. The van der Waals surface area contributed by atoms with Crippen LogP contribution < -0.4 is 4.89 Å². The molecule has 0 heterocycles. The minimum absolute atomic E-state index is 0. The van der Waals surface area contributed by atoms with Gasteiger partial charge in [-0.25, -0.2) is 0 Å². The summed E-state index contributed by atoms with van der Waals surface area (Å²) in [7, 11) is 0. The first-order chi connectivity index (χ1) is 4.83. The van der Waals surface area contributed by atoms with Gasteiger partial charge in [0.2, 0.25) is 0 Å². The quantitative estimate of drug-likeness (QED) is 0.711. The highest BCUT2D eigenvalue weighted by molar-refractivity contribution is 8.67. The van der Waals surface area contributed by atoms with Crippen molar-refractivity contribution in [3.63, 3.8) is 0 Å². The molecule has 6 heteroatoms. The van der Waals surface area contributed by atoms with Gasteiger partial charge in [-0.05, 0) is 13.8 Å². The van der Waals surface area contributed by atoms with E-state index in [4.69, 9.17) is 16.3 Å². The summed E-state index contributed by atoms with van der Waals surface area (Å²) in [6, 6.07) is 0. The first kappa shape index (κ1) is 15.8. The lowest BCUT2D eigenvalue weighted by Gasteiger charge is -2.30. The molecule has 1 unspecified atom stereocenters. The van der Waals surface area contributed by atoms with E-state index in [1.807, 2.05) is 27.7 Å². The Kier molecular flexibility index (Phi) is 8.89. The van der Waals surface area contributed by atoms with Crippen LogP contribution in [0.5, 0.6) is 0 Å². The molecule has 0 amide bonds. The molecular formula is C6H14O2P2S2. The molecule has 0 aliphatic rings. The number of hydrogen-bond acceptors (Lipinski definition) is 4. The third-order valence-corrected chi connectivity index (χ3v) is 5.37. The fourth-order valence-electron chi connectivity index (χ4n) is 0.541. The van der Waals surface area contributed by atoms with Crippen molar-refractivity contribution in [1.29, 1.82) is 0 Å². The van der Waals surface area contributed by atoms with Crippen molar-refractivity contribution < 1.29 is 9.42 Å². The molecule has 0 saturated heterocycles. The highest BCUT2D eigenvalue weighted by Crippen LogP contribution is 2.54. The first-order valence-corrected chi connectivity index (χ1v) is 7.63. The zero-order valence-electron chi connectivity index (χ0n) is 7.68. The maximum atomic E-state index is 11.4. The second-order valence-corrected chi connectivity index (χ2v) is 9.22. The van der Waals surface area contributed by atoms with Crippen LogP contribution in [0.25, 0.3) is 0 Å². The number of rotatable bonds is 4. The van der Waals surface area contributed by atoms with Crippen molar-refractivity contribution >= 4 is 38.8 Å². The van der Waals surface area contributed by atoms with Crippen LogP contribution in [0.3, 0.4) is 0 Å². The second kappa shape index (κ2) is 6.75. The fraction of sp³-hybridized carbons (Fsp3) is 1.00. The molecule has 0 aromatic heterocycles. The molecule has 0 aliphatic carbocycles. The molecule has 1 atom stereocenters. The van der Waals surface area contributed by atoms with Gasteiger partial charge in [0.1, 0.15) is 0 Å². The van der Waals surface area contributed by atoms with Crippen LogP contribution in [0, 0.1) is 0 Å². The topological polar surface area (TPSA) is 32.3 Å². The van der Waals surface area contributed by atoms with E-state index in [0.717, 1.165) is 0 Å². The van der Waals surface area contributed by atoms with Crippen molar-refractivity contribution in [2.75, 3.05) is 0 Å². The monoisotopic (exact) mass is 244 g/mol. The zero-order chi connectivity index (χ0) is 9.07. The SMILES string of the molecule is CC(C)OP([O-])(=S)SC(C)C.[P+]. The van der Waals surface area contributed by atoms with Gasteiger partial charge in [0.25, 0.3) is 0 Å². The van der Waals surface area contributed by atoms with E-state index in [9.17, 15) is 4.89 Å². The average molecular weight is 244 g/mol. The molecule has 0 aromatic carbocycles. The summed E-state index contributed by atoms with van der Waals surface area (Å²) in [5, 5.41) is 0.261. The van der Waals surface area contributed by atoms with Crippen LogP contribution >= 0.6 is 27.0 Å². The average Bonchev–Trinajstić information content (AvgIpc) is 1.53. The molecule has 0 aromatic rings. The summed E-state index contributed by atoms with van der Waals surface area (Å²) in [6.07, 6.45) is -0.0513. The second-order valence-electron chi connectivity index (χ2n) is 2.76. The van der Waals surface area contributed by atoms with Crippen LogP contribution in [-0.4, -0.2) is 11.4 Å². The molecule has 0 spiro atoms. The summed E-state index contributed by atoms with van der Waals surface area (Å²) in [5.41, 5.74) is -2.80. The Labute approximate surface area is 87.4 Å². The molecule has 4 radical (unpaired) electrons. The summed E-state index contributed by atoms with van der Waals surface area (Å²) in [6.45, 7) is 7.57. The predicted octanol–water partition coefficient (Wildman–Crippen LogP) is 3.00. The molecule has 0 rings (SSSR count). The molecule has 0 fully saturated rings. The summed E-state index contributed by atoms with van der Waals surface area (Å²) >= 11 is 6.03. The molecule has 0 aliphatic heterocycles. The highest BCUT2D eigenvalue weighted by Gasteiger charge is 2.08. The fourth-order valence-corrected chi connectivity index (χ4v) is 5.90. The molecule has 0 bridgehead atoms. The van der Waals surface area contributed by atoms with E-state index in [-0.39, 0.29) is 21.3 Å². The third kappa shape index (κ3) is 9.44. The van der Waals surface area contributed by atoms with Crippen molar-refractivity contribution in [2.24, 2.45) is 0 Å². The van der Waals surface area contributed by atoms with Crippen molar-refractivity contribution in [2.45, 2.75) is 39.0 Å². The largest absolute Gasteiger partial charge is 1.00 e. The van der Waals surface area contributed by atoms with Gasteiger partial charge in [-0.2, -0.15) is 0 Å². The van der Waals surface area contributed by atoms with Gasteiger partial charge >= 0.3 is 9.90 Å². The van der Waals surface area contributed by atoms with Gasteiger partial charge in [-0.15, -0.1) is 11.4 Å². The maximum Gasteiger partial charge on any atom is 1.00 e. The van der Waals surface area contributed by atoms with E-state index < -0.39 is 5.69 Å². The van der Waals surface area contributed by atoms with Gasteiger partial charge < -0.3 is 9.42 Å². The smallest absolute Gasteiger partial charge is 0.793 e. The Bertz CT molecular complexity index is 148. The van der Waals surface area contributed by atoms with Gasteiger partial charge in [0.15, 0.2) is 0 Å². The van der Waals surface area contributed by atoms with Gasteiger partial charge in [0, 0.05) is 10.9 Å². The standard InChI is InChI=1S/C6H15O2PS2.P/c1-5(2)8-9(7,10)11-6(3)4;/h5-6H,1-4H3,(H,7,10);/q;+1/p-1. The maximum absolute atomic E-state index is 11.4. The van der Waals surface area contributed by atoms with Crippen molar-refractivity contribution in [3.05, 3.63) is 0 Å². The molecule has 12 heavy (non-hydrogen) atoms. The minimum Gasteiger partial charge on any atom is -0.793 e. The first-order valence-electron chi connectivity index (χ1n) is 3.51. The predicted molar refractivity (Wildman–Crippen MR) is 60.2 cm³/mol. The Morgan fingerprint density at radius 3 is 2.00 bits per heavy atom. The van der Waals surface area contributed by atoms with Crippen molar-refractivity contribution in [3.8, 4) is 0 Å². The van der Waals surface area contributed by atoms with Crippen LogP contribution in [0.4, 0.5) is 0 Å². The molecular weight excluding hydrogens is 230 g/mol. The normalized spacial score (nSPS) is 15.9. The van der Waals surface area contributed by atoms with E-state index in [2.05, 4.69) is 0 Å². The van der Waals surface area contributed by atoms with Crippen molar-refractivity contribution in [1.82, 2.24) is 0 Å². The Morgan fingerprint density at radius 1 is 1.33 bits per heavy atom. The van der Waals surface area contributed by atoms with E-state index in [1.54, 1.807) is 0 Å². The van der Waals surface area contributed by atoms with E-state index in [1.165, 1.54) is 11.4 Å². The Balaban J connectivity index is 0. The van der Waals surface area contributed by atoms with Crippen LogP contribution in [0.2, 0.25) is 0 Å². The lowest BCUT2D eigenvalue weighted by Crippen LogP contribution is -2.08. The summed E-state index contributed by atoms with van der Waals surface area (Å²) in [5.74, 6) is 0.